The van der Waals surface area contributed by atoms with Crippen molar-refractivity contribution in [1.82, 2.24) is 10.2 Å². The Morgan fingerprint density at radius 1 is 1.26 bits per heavy atom. The van der Waals surface area contributed by atoms with E-state index in [9.17, 15) is 18.6 Å². The Morgan fingerprint density at radius 3 is 2.21 bits per heavy atom. The highest BCUT2D eigenvalue weighted by Gasteiger charge is 2.44. The summed E-state index contributed by atoms with van der Waals surface area (Å²) in [5.41, 5.74) is -0.0884. The number of hydrogen-bond acceptors (Lipinski definition) is 6. The van der Waals surface area contributed by atoms with E-state index in [0.717, 1.165) is 12.8 Å². The highest BCUT2D eigenvalue weighted by Crippen LogP contribution is 2.41. The van der Waals surface area contributed by atoms with E-state index in [0.29, 0.717) is 13.1 Å². The summed E-state index contributed by atoms with van der Waals surface area (Å²) in [5, 5.41) is 22.4. The Hall–Kier alpha value is -0.250. The fraction of sp³-hybridized carbons (Fsp3) is 1.00. The Labute approximate surface area is 114 Å². The molecular formula is C11H24N2O5S. The molecule has 1 aliphatic rings. The number of aliphatic hydroxyl groups excluding tert-OH is 2. The predicted molar refractivity (Wildman–Crippen MR) is 71.6 cm³/mol. The first-order valence-corrected chi connectivity index (χ1v) is 7.98. The first-order valence-electron chi connectivity index (χ1n) is 6.37. The van der Waals surface area contributed by atoms with Gasteiger partial charge in [0.15, 0.2) is 0 Å². The normalized spacial score (nSPS) is 21.4. The number of β-amino-alcohol motifs (C(OH)–C–C–N with tert-alkyl or cyclic N) is 2. The van der Waals surface area contributed by atoms with Crippen LogP contribution in [0.25, 0.3) is 0 Å². The molecule has 8 heteroatoms. The van der Waals surface area contributed by atoms with Gasteiger partial charge in [0.05, 0.1) is 12.2 Å². The summed E-state index contributed by atoms with van der Waals surface area (Å²) in [6.07, 6.45) is 0.171. The van der Waals surface area contributed by atoms with Gasteiger partial charge in [-0.05, 0) is 26.8 Å². The second kappa shape index (κ2) is 6.47. The molecule has 1 aliphatic carbocycles. The van der Waals surface area contributed by atoms with Gasteiger partial charge in [-0.2, -0.15) is 8.42 Å². The summed E-state index contributed by atoms with van der Waals surface area (Å²) in [6, 6.07) is 0. The molecule has 0 amide bonds. The van der Waals surface area contributed by atoms with E-state index in [2.05, 4.69) is 5.32 Å². The first kappa shape index (κ1) is 16.8. The standard InChI is InChI=1S/C11H24N2O5S/c1-11(3-4-11)13(6-9(14)5-12-2)7-10(15)8-19(16,17)18/h9-10,12,14-15H,3-8H2,1-2H3,(H,16,17,18). The van der Waals surface area contributed by atoms with Crippen molar-refractivity contribution in [2.24, 2.45) is 0 Å². The number of hydrogen-bond donors (Lipinski definition) is 4. The van der Waals surface area contributed by atoms with Gasteiger partial charge in [0.1, 0.15) is 5.75 Å². The number of aliphatic hydroxyl groups is 2. The Bertz CT molecular complexity index is 383. The van der Waals surface area contributed by atoms with Crippen LogP contribution < -0.4 is 5.32 Å². The number of likely N-dealkylation sites (N-methyl/N-ethyl adjacent to an activating group) is 1. The zero-order valence-electron chi connectivity index (χ0n) is 11.4. The molecule has 0 heterocycles. The van der Waals surface area contributed by atoms with E-state index >= 15 is 0 Å². The van der Waals surface area contributed by atoms with Gasteiger partial charge in [0.2, 0.25) is 0 Å². The highest BCUT2D eigenvalue weighted by atomic mass is 32.2. The molecule has 0 aromatic heterocycles. The third-order valence-corrected chi connectivity index (χ3v) is 4.25. The van der Waals surface area contributed by atoms with Crippen molar-refractivity contribution in [3.8, 4) is 0 Å². The van der Waals surface area contributed by atoms with E-state index in [4.69, 9.17) is 4.55 Å². The van der Waals surface area contributed by atoms with Crippen molar-refractivity contribution in [3.63, 3.8) is 0 Å². The molecule has 0 aromatic carbocycles. The summed E-state index contributed by atoms with van der Waals surface area (Å²) >= 11 is 0. The van der Waals surface area contributed by atoms with E-state index in [1.807, 2.05) is 11.8 Å². The minimum Gasteiger partial charge on any atom is -0.391 e. The molecule has 1 fully saturated rings. The van der Waals surface area contributed by atoms with E-state index < -0.39 is 28.1 Å². The van der Waals surface area contributed by atoms with Crippen LogP contribution in [0, 0.1) is 0 Å². The summed E-state index contributed by atoms with van der Waals surface area (Å²) < 4.78 is 30.2. The first-order chi connectivity index (χ1) is 8.66. The highest BCUT2D eigenvalue weighted by molar-refractivity contribution is 7.85. The van der Waals surface area contributed by atoms with E-state index in [-0.39, 0.29) is 12.1 Å². The average Bonchev–Trinajstić information content (AvgIpc) is 2.94. The summed E-state index contributed by atoms with van der Waals surface area (Å²) in [6.45, 7) is 2.93. The Balaban J connectivity index is 2.55. The zero-order valence-corrected chi connectivity index (χ0v) is 12.2. The largest absolute Gasteiger partial charge is 0.391 e. The zero-order chi connectivity index (χ0) is 14.7. The minimum atomic E-state index is -4.18. The summed E-state index contributed by atoms with van der Waals surface area (Å²) in [5.74, 6) is -0.679. The van der Waals surface area contributed by atoms with Crippen molar-refractivity contribution < 1.29 is 23.2 Å². The lowest BCUT2D eigenvalue weighted by atomic mass is 10.2. The maximum absolute atomic E-state index is 10.7. The molecule has 0 spiro atoms. The van der Waals surface area contributed by atoms with Gasteiger partial charge in [0.25, 0.3) is 10.1 Å². The molecule has 0 radical (unpaired) electrons. The molecule has 2 atom stereocenters. The SMILES string of the molecule is CNCC(O)CN(CC(O)CS(=O)(=O)O)C1(C)CC1. The minimum absolute atomic E-state index is 0.0884. The van der Waals surface area contributed by atoms with E-state index in [1.165, 1.54) is 0 Å². The lowest BCUT2D eigenvalue weighted by molar-refractivity contribution is 0.0485. The lowest BCUT2D eigenvalue weighted by Gasteiger charge is -2.32. The number of nitrogens with zero attached hydrogens (tertiary/aromatic N) is 1. The molecule has 0 bridgehead atoms. The van der Waals surface area contributed by atoms with Crippen LogP contribution in [0.4, 0.5) is 0 Å². The number of nitrogens with one attached hydrogen (secondary N) is 1. The van der Waals surface area contributed by atoms with Crippen LogP contribution in [0.5, 0.6) is 0 Å². The fourth-order valence-corrected chi connectivity index (χ4v) is 2.71. The van der Waals surface area contributed by atoms with Gasteiger partial charge in [-0.25, -0.2) is 0 Å². The molecule has 7 nitrogen and oxygen atoms in total. The Kier molecular flexibility index (Phi) is 5.72. The van der Waals surface area contributed by atoms with Crippen LogP contribution in [-0.4, -0.2) is 78.3 Å². The van der Waals surface area contributed by atoms with Crippen LogP contribution in [0.15, 0.2) is 0 Å². The van der Waals surface area contributed by atoms with Crippen LogP contribution in [0.1, 0.15) is 19.8 Å². The third kappa shape index (κ3) is 6.15. The second-order valence-electron chi connectivity index (χ2n) is 5.52. The maximum Gasteiger partial charge on any atom is 0.267 e. The van der Waals surface area contributed by atoms with Crippen LogP contribution in [-0.2, 0) is 10.1 Å². The molecule has 0 saturated heterocycles. The molecule has 19 heavy (non-hydrogen) atoms. The van der Waals surface area contributed by atoms with Crippen molar-refractivity contribution in [2.75, 3.05) is 32.4 Å². The van der Waals surface area contributed by atoms with Crippen molar-refractivity contribution >= 4 is 10.1 Å². The molecule has 0 aliphatic heterocycles. The fourth-order valence-electron chi connectivity index (χ4n) is 2.12. The second-order valence-corrected chi connectivity index (χ2v) is 7.01. The van der Waals surface area contributed by atoms with Gasteiger partial charge in [-0.15, -0.1) is 0 Å². The van der Waals surface area contributed by atoms with E-state index in [1.54, 1.807) is 7.05 Å². The maximum atomic E-state index is 10.7. The lowest BCUT2D eigenvalue weighted by Crippen LogP contribution is -2.47. The molecular weight excluding hydrogens is 272 g/mol. The van der Waals surface area contributed by atoms with Crippen LogP contribution >= 0.6 is 0 Å². The molecule has 114 valence electrons. The monoisotopic (exact) mass is 296 g/mol. The van der Waals surface area contributed by atoms with Gasteiger partial charge in [0, 0.05) is 25.2 Å². The Morgan fingerprint density at radius 2 is 1.79 bits per heavy atom. The van der Waals surface area contributed by atoms with Crippen molar-refractivity contribution in [2.45, 2.75) is 37.5 Å². The van der Waals surface area contributed by atoms with Crippen LogP contribution in [0.3, 0.4) is 0 Å². The van der Waals surface area contributed by atoms with Crippen molar-refractivity contribution in [3.05, 3.63) is 0 Å². The predicted octanol–water partition coefficient (Wildman–Crippen LogP) is -1.33. The molecule has 4 N–H and O–H groups in total. The smallest absolute Gasteiger partial charge is 0.267 e. The van der Waals surface area contributed by atoms with Crippen molar-refractivity contribution in [1.29, 1.82) is 0 Å². The number of rotatable bonds is 9. The quantitative estimate of drug-likeness (QED) is 0.390. The molecule has 2 unspecified atom stereocenters. The van der Waals surface area contributed by atoms with Gasteiger partial charge in [-0.1, -0.05) is 0 Å². The van der Waals surface area contributed by atoms with Gasteiger partial charge < -0.3 is 15.5 Å². The topological polar surface area (TPSA) is 110 Å². The summed E-state index contributed by atoms with van der Waals surface area (Å²) in [7, 11) is -2.45. The van der Waals surface area contributed by atoms with Gasteiger partial charge in [-0.3, -0.25) is 9.45 Å². The third-order valence-electron chi connectivity index (χ3n) is 3.44. The molecule has 1 rings (SSSR count). The van der Waals surface area contributed by atoms with Gasteiger partial charge >= 0.3 is 0 Å². The molecule has 1 saturated carbocycles. The molecule has 0 aromatic rings. The summed E-state index contributed by atoms with van der Waals surface area (Å²) in [4.78, 5) is 1.89. The van der Waals surface area contributed by atoms with Crippen LogP contribution in [0.2, 0.25) is 0 Å². The average molecular weight is 296 g/mol.